The average molecular weight is 193 g/mol. The van der Waals surface area contributed by atoms with Crippen LogP contribution in [0, 0.1) is 0 Å². The molecule has 0 spiro atoms. The van der Waals surface area contributed by atoms with Crippen molar-refractivity contribution in [3.8, 4) is 0 Å². The molecule has 1 fully saturated rings. The molecule has 3 nitrogen and oxygen atoms in total. The summed E-state index contributed by atoms with van der Waals surface area (Å²) in [7, 11) is -0.707. The number of unbranched alkanes of at least 4 members (excludes halogenated alkanes) is 1. The number of hydrogen-bond acceptors (Lipinski definition) is 3. The quantitative estimate of drug-likeness (QED) is 0.550. The normalized spacial score (nSPS) is 17.2. The van der Waals surface area contributed by atoms with E-state index in [1.807, 2.05) is 13.8 Å². The van der Waals surface area contributed by atoms with Crippen molar-refractivity contribution in [3.63, 3.8) is 0 Å². The molecule has 0 unspecified atom stereocenters. The SMILES string of the molecule is CC.CCCCNP1OCCO1. The van der Waals surface area contributed by atoms with E-state index < -0.39 is 8.53 Å². The van der Waals surface area contributed by atoms with Crippen molar-refractivity contribution >= 4 is 8.53 Å². The van der Waals surface area contributed by atoms with Gasteiger partial charge in [0.2, 0.25) is 0 Å². The van der Waals surface area contributed by atoms with Crippen LogP contribution in [-0.2, 0) is 9.05 Å². The summed E-state index contributed by atoms with van der Waals surface area (Å²) in [5.74, 6) is 0. The molecule has 4 heteroatoms. The van der Waals surface area contributed by atoms with Crippen LogP contribution in [0.1, 0.15) is 33.6 Å². The first-order valence-corrected chi connectivity index (χ1v) is 5.90. The second kappa shape index (κ2) is 9.40. The van der Waals surface area contributed by atoms with E-state index in [0.717, 1.165) is 19.8 Å². The van der Waals surface area contributed by atoms with Crippen molar-refractivity contribution in [2.75, 3.05) is 19.8 Å². The molecule has 0 aromatic rings. The molecule has 74 valence electrons. The molecule has 0 aromatic carbocycles. The summed E-state index contributed by atoms with van der Waals surface area (Å²) in [5.41, 5.74) is 0. The van der Waals surface area contributed by atoms with Crippen LogP contribution in [0.15, 0.2) is 0 Å². The third-order valence-electron chi connectivity index (χ3n) is 1.27. The Morgan fingerprint density at radius 2 is 1.83 bits per heavy atom. The maximum atomic E-state index is 5.23. The van der Waals surface area contributed by atoms with Gasteiger partial charge < -0.3 is 9.05 Å². The molecule has 12 heavy (non-hydrogen) atoms. The summed E-state index contributed by atoms with van der Waals surface area (Å²) in [6.07, 6.45) is 2.42. The van der Waals surface area contributed by atoms with E-state index in [-0.39, 0.29) is 0 Å². The van der Waals surface area contributed by atoms with Crippen LogP contribution >= 0.6 is 8.53 Å². The lowest BCUT2D eigenvalue weighted by atomic mass is 10.3. The van der Waals surface area contributed by atoms with Crippen LogP contribution in [0.3, 0.4) is 0 Å². The van der Waals surface area contributed by atoms with E-state index >= 15 is 0 Å². The minimum Gasteiger partial charge on any atom is -0.320 e. The first-order valence-electron chi connectivity index (χ1n) is 4.73. The molecule has 0 bridgehead atoms. The van der Waals surface area contributed by atoms with Gasteiger partial charge in [0.25, 0.3) is 8.53 Å². The fraction of sp³-hybridized carbons (Fsp3) is 1.00. The third kappa shape index (κ3) is 5.90. The van der Waals surface area contributed by atoms with Crippen LogP contribution in [0.5, 0.6) is 0 Å². The minimum atomic E-state index is -0.707. The van der Waals surface area contributed by atoms with Crippen molar-refractivity contribution in [3.05, 3.63) is 0 Å². The van der Waals surface area contributed by atoms with Gasteiger partial charge in [-0.3, -0.25) is 5.09 Å². The van der Waals surface area contributed by atoms with Gasteiger partial charge in [-0.1, -0.05) is 27.2 Å². The van der Waals surface area contributed by atoms with Crippen LogP contribution in [0.2, 0.25) is 0 Å². The highest BCUT2D eigenvalue weighted by atomic mass is 31.2. The Balaban J connectivity index is 0.000000561. The first-order chi connectivity index (χ1) is 5.93. The Morgan fingerprint density at radius 1 is 1.25 bits per heavy atom. The van der Waals surface area contributed by atoms with Gasteiger partial charge in [0.15, 0.2) is 0 Å². The van der Waals surface area contributed by atoms with Crippen LogP contribution in [0.25, 0.3) is 0 Å². The smallest absolute Gasteiger partial charge is 0.255 e. The molecule has 1 saturated heterocycles. The van der Waals surface area contributed by atoms with Gasteiger partial charge in [0.1, 0.15) is 0 Å². The van der Waals surface area contributed by atoms with Gasteiger partial charge in [0, 0.05) is 6.54 Å². The van der Waals surface area contributed by atoms with Crippen molar-refractivity contribution in [1.29, 1.82) is 0 Å². The fourth-order valence-corrected chi connectivity index (χ4v) is 1.79. The minimum absolute atomic E-state index is 0.707. The van der Waals surface area contributed by atoms with E-state index in [1.165, 1.54) is 12.8 Å². The van der Waals surface area contributed by atoms with E-state index in [1.54, 1.807) is 0 Å². The van der Waals surface area contributed by atoms with Crippen LogP contribution in [0.4, 0.5) is 0 Å². The molecule has 0 saturated carbocycles. The summed E-state index contributed by atoms with van der Waals surface area (Å²) in [6.45, 7) is 8.70. The van der Waals surface area contributed by atoms with Gasteiger partial charge in [-0.25, -0.2) is 0 Å². The highest BCUT2D eigenvalue weighted by Gasteiger charge is 2.15. The number of rotatable bonds is 4. The van der Waals surface area contributed by atoms with Gasteiger partial charge >= 0.3 is 0 Å². The molecule has 1 heterocycles. The molecule has 0 aliphatic carbocycles. The molecule has 1 rings (SSSR count). The van der Waals surface area contributed by atoms with Crippen molar-refractivity contribution in [2.45, 2.75) is 33.6 Å². The topological polar surface area (TPSA) is 30.5 Å². The highest BCUT2D eigenvalue weighted by Crippen LogP contribution is 2.37. The lowest BCUT2D eigenvalue weighted by molar-refractivity contribution is 0.365. The Hall–Kier alpha value is 0.310. The lowest BCUT2D eigenvalue weighted by Crippen LogP contribution is -2.07. The average Bonchev–Trinajstić information content (AvgIpc) is 2.61. The fourth-order valence-electron chi connectivity index (χ4n) is 0.716. The van der Waals surface area contributed by atoms with E-state index in [4.69, 9.17) is 9.05 Å². The zero-order valence-electron chi connectivity index (χ0n) is 8.30. The van der Waals surface area contributed by atoms with Crippen molar-refractivity contribution in [1.82, 2.24) is 5.09 Å². The molecule has 0 aromatic heterocycles. The second-order valence-corrected chi connectivity index (χ2v) is 3.53. The summed E-state index contributed by atoms with van der Waals surface area (Å²) < 4.78 is 10.5. The van der Waals surface area contributed by atoms with Crippen molar-refractivity contribution in [2.24, 2.45) is 0 Å². The second-order valence-electron chi connectivity index (χ2n) is 2.19. The molecular weight excluding hydrogens is 173 g/mol. The summed E-state index contributed by atoms with van der Waals surface area (Å²) in [5, 5.41) is 3.20. The van der Waals surface area contributed by atoms with Gasteiger partial charge in [-0.15, -0.1) is 0 Å². The molecule has 0 atom stereocenters. The predicted molar refractivity (Wildman–Crippen MR) is 53.1 cm³/mol. The molecule has 0 amide bonds. The molecule has 1 aliphatic rings. The molecular formula is C8H20NO2P. The molecule has 1 N–H and O–H groups in total. The zero-order valence-corrected chi connectivity index (χ0v) is 9.19. The largest absolute Gasteiger partial charge is 0.320 e. The lowest BCUT2D eigenvalue weighted by Gasteiger charge is -2.07. The standard InChI is InChI=1S/C6H14NO2P.C2H6/c1-2-3-4-7-10-8-5-6-9-10;1-2/h7H,2-6H2,1H3;1-2H3. The molecule has 1 aliphatic heterocycles. The highest BCUT2D eigenvalue weighted by molar-refractivity contribution is 7.45. The maximum absolute atomic E-state index is 5.23. The summed E-state index contributed by atoms with van der Waals surface area (Å²) in [6, 6.07) is 0. The van der Waals surface area contributed by atoms with E-state index in [9.17, 15) is 0 Å². The van der Waals surface area contributed by atoms with E-state index in [2.05, 4.69) is 12.0 Å². The Labute approximate surface area is 76.8 Å². The van der Waals surface area contributed by atoms with E-state index in [0.29, 0.717) is 0 Å². The monoisotopic (exact) mass is 193 g/mol. The third-order valence-corrected chi connectivity index (χ3v) is 2.59. The Kier molecular flexibility index (Phi) is 9.64. The molecule has 0 radical (unpaired) electrons. The summed E-state index contributed by atoms with van der Waals surface area (Å²) in [4.78, 5) is 0. The van der Waals surface area contributed by atoms with Crippen molar-refractivity contribution < 1.29 is 9.05 Å². The van der Waals surface area contributed by atoms with Gasteiger partial charge in [-0.05, 0) is 6.42 Å². The number of nitrogens with one attached hydrogen (secondary N) is 1. The zero-order chi connectivity index (χ0) is 9.23. The Morgan fingerprint density at radius 3 is 2.33 bits per heavy atom. The first kappa shape index (κ1) is 12.3. The predicted octanol–water partition coefficient (Wildman–Crippen LogP) is 2.68. The number of hydrogen-bond donors (Lipinski definition) is 1. The van der Waals surface area contributed by atoms with Crippen LogP contribution in [-0.4, -0.2) is 19.8 Å². The Bertz CT molecular complexity index is 87.1. The van der Waals surface area contributed by atoms with Crippen LogP contribution < -0.4 is 5.09 Å². The summed E-state index contributed by atoms with van der Waals surface area (Å²) >= 11 is 0. The van der Waals surface area contributed by atoms with Gasteiger partial charge in [0.05, 0.1) is 13.2 Å². The van der Waals surface area contributed by atoms with Gasteiger partial charge in [-0.2, -0.15) is 0 Å². The maximum Gasteiger partial charge on any atom is 0.255 e.